The van der Waals surface area contributed by atoms with Crippen LogP contribution in [-0.2, 0) is 13.0 Å². The minimum Gasteiger partial charge on any atom is -0.372 e. The van der Waals surface area contributed by atoms with Crippen LogP contribution in [0.5, 0.6) is 0 Å². The first-order chi connectivity index (χ1) is 9.80. The smallest absolute Gasteiger partial charge is 0.180 e. The molecule has 0 aliphatic heterocycles. The van der Waals surface area contributed by atoms with Crippen LogP contribution in [-0.4, -0.2) is 21.4 Å². The number of hydrogen-bond acceptors (Lipinski definition) is 5. The van der Waals surface area contributed by atoms with Gasteiger partial charge in [-0.3, -0.25) is 0 Å². The van der Waals surface area contributed by atoms with Crippen molar-refractivity contribution >= 4 is 28.6 Å². The van der Waals surface area contributed by atoms with Crippen molar-refractivity contribution in [1.82, 2.24) is 14.4 Å². The summed E-state index contributed by atoms with van der Waals surface area (Å²) in [5.74, 6) is 1.62. The van der Waals surface area contributed by atoms with Gasteiger partial charge in [0.2, 0.25) is 0 Å². The maximum absolute atomic E-state index is 4.53. The summed E-state index contributed by atoms with van der Waals surface area (Å²) >= 11 is 1.84. The number of thiophene rings is 1. The highest BCUT2D eigenvalue weighted by molar-refractivity contribution is 7.12. The summed E-state index contributed by atoms with van der Waals surface area (Å²) in [4.78, 5) is 11.6. The molecule has 3 heterocycles. The molecule has 2 N–H and O–H groups in total. The zero-order chi connectivity index (χ0) is 13.9. The van der Waals surface area contributed by atoms with Crippen molar-refractivity contribution in [3.63, 3.8) is 0 Å². The van der Waals surface area contributed by atoms with E-state index in [0.717, 1.165) is 30.2 Å². The van der Waals surface area contributed by atoms with Crippen molar-refractivity contribution in [3.8, 4) is 0 Å². The molecule has 0 bridgehead atoms. The first kappa shape index (κ1) is 12.9. The van der Waals surface area contributed by atoms with Gasteiger partial charge in [-0.25, -0.2) is 9.97 Å². The van der Waals surface area contributed by atoms with Crippen LogP contribution in [0.3, 0.4) is 0 Å². The van der Waals surface area contributed by atoms with E-state index in [4.69, 9.17) is 0 Å². The van der Waals surface area contributed by atoms with Crippen LogP contribution in [0.4, 0.5) is 11.6 Å². The molecule has 104 valence electrons. The van der Waals surface area contributed by atoms with Crippen LogP contribution >= 0.6 is 11.3 Å². The average molecular weight is 287 g/mol. The van der Waals surface area contributed by atoms with E-state index in [1.165, 1.54) is 9.75 Å². The summed E-state index contributed by atoms with van der Waals surface area (Å²) in [6, 6.07) is 4.35. The van der Waals surface area contributed by atoms with Crippen molar-refractivity contribution < 1.29 is 0 Å². The van der Waals surface area contributed by atoms with Gasteiger partial charge in [0.15, 0.2) is 11.5 Å². The average Bonchev–Trinajstić information content (AvgIpc) is 3.12. The Bertz CT molecular complexity index is 715. The molecule has 0 aliphatic rings. The predicted octanol–water partition coefficient (Wildman–Crippen LogP) is 3.01. The van der Waals surface area contributed by atoms with Crippen molar-refractivity contribution in [2.45, 2.75) is 19.9 Å². The third-order valence-corrected chi connectivity index (χ3v) is 4.36. The van der Waals surface area contributed by atoms with Gasteiger partial charge in [0, 0.05) is 29.2 Å². The van der Waals surface area contributed by atoms with E-state index in [2.05, 4.69) is 39.7 Å². The summed E-state index contributed by atoms with van der Waals surface area (Å²) in [5, 5.41) is 6.44. The Morgan fingerprint density at radius 3 is 2.90 bits per heavy atom. The summed E-state index contributed by atoms with van der Waals surface area (Å²) < 4.78 is 1.97. The van der Waals surface area contributed by atoms with Gasteiger partial charge < -0.3 is 15.0 Å². The molecule has 3 rings (SSSR count). The molecular formula is C14H17N5S. The minimum absolute atomic E-state index is 0.771. The summed E-state index contributed by atoms with van der Waals surface area (Å²) in [6.45, 7) is 2.95. The lowest BCUT2D eigenvalue weighted by Crippen LogP contribution is -2.05. The first-order valence-corrected chi connectivity index (χ1v) is 7.44. The second-order valence-electron chi connectivity index (χ2n) is 4.46. The minimum atomic E-state index is 0.771. The normalized spacial score (nSPS) is 10.9. The Balaban J connectivity index is 1.84. The third-order valence-electron chi connectivity index (χ3n) is 3.13. The number of aromatic nitrogens is 3. The first-order valence-electron chi connectivity index (χ1n) is 6.63. The van der Waals surface area contributed by atoms with Crippen molar-refractivity contribution in [2.75, 3.05) is 17.7 Å². The summed E-state index contributed by atoms with van der Waals surface area (Å²) in [5.41, 5.74) is 0.844. The number of nitrogens with one attached hydrogen (secondary N) is 2. The lowest BCUT2D eigenvalue weighted by molar-refractivity contribution is 1.08. The van der Waals surface area contributed by atoms with E-state index in [9.17, 15) is 0 Å². The Morgan fingerprint density at radius 1 is 1.30 bits per heavy atom. The molecule has 20 heavy (non-hydrogen) atoms. The van der Waals surface area contributed by atoms with Gasteiger partial charge >= 0.3 is 0 Å². The molecule has 5 nitrogen and oxygen atoms in total. The van der Waals surface area contributed by atoms with E-state index in [1.807, 2.05) is 35.2 Å². The molecule has 0 amide bonds. The van der Waals surface area contributed by atoms with E-state index in [1.54, 1.807) is 6.20 Å². The second kappa shape index (κ2) is 5.50. The number of aryl methyl sites for hydroxylation is 1. The molecule has 0 radical (unpaired) electrons. The number of rotatable bonds is 5. The van der Waals surface area contributed by atoms with Gasteiger partial charge in [0.1, 0.15) is 5.82 Å². The lowest BCUT2D eigenvalue weighted by Gasteiger charge is -2.08. The lowest BCUT2D eigenvalue weighted by atomic mass is 10.3. The standard InChI is InChI=1S/C14H17N5S/c1-3-10-4-5-11(20-10)8-17-13-14-16-6-7-19(14)9-12(15-2)18-13/h4-7,9,15H,3,8H2,1-2H3,(H,17,18). The van der Waals surface area contributed by atoms with Gasteiger partial charge in [0.25, 0.3) is 0 Å². The highest BCUT2D eigenvalue weighted by atomic mass is 32.1. The maximum Gasteiger partial charge on any atom is 0.180 e. The summed E-state index contributed by atoms with van der Waals surface area (Å²) in [6.07, 6.45) is 6.71. The van der Waals surface area contributed by atoms with Crippen LogP contribution < -0.4 is 10.6 Å². The van der Waals surface area contributed by atoms with E-state index in [-0.39, 0.29) is 0 Å². The summed E-state index contributed by atoms with van der Waals surface area (Å²) in [7, 11) is 1.86. The van der Waals surface area contributed by atoms with Gasteiger partial charge in [0.05, 0.1) is 12.7 Å². The third kappa shape index (κ3) is 2.46. The highest BCUT2D eigenvalue weighted by Crippen LogP contribution is 2.20. The van der Waals surface area contributed by atoms with Gasteiger partial charge in [-0.15, -0.1) is 11.3 Å². The predicted molar refractivity (Wildman–Crippen MR) is 83.6 cm³/mol. The monoisotopic (exact) mass is 287 g/mol. The van der Waals surface area contributed by atoms with Crippen molar-refractivity contribution in [1.29, 1.82) is 0 Å². The molecule has 0 spiro atoms. The Hall–Kier alpha value is -2.08. The van der Waals surface area contributed by atoms with Crippen molar-refractivity contribution in [3.05, 3.63) is 40.5 Å². The molecular weight excluding hydrogens is 270 g/mol. The highest BCUT2D eigenvalue weighted by Gasteiger charge is 2.07. The number of hydrogen-bond donors (Lipinski definition) is 2. The fourth-order valence-electron chi connectivity index (χ4n) is 2.05. The van der Waals surface area contributed by atoms with Crippen molar-refractivity contribution in [2.24, 2.45) is 0 Å². The molecule has 0 saturated heterocycles. The Morgan fingerprint density at radius 2 is 2.15 bits per heavy atom. The van der Waals surface area contributed by atoms with E-state index in [0.29, 0.717) is 0 Å². The molecule has 0 aliphatic carbocycles. The molecule has 0 unspecified atom stereocenters. The van der Waals surface area contributed by atoms with E-state index >= 15 is 0 Å². The van der Waals surface area contributed by atoms with Crippen LogP contribution in [0.25, 0.3) is 5.65 Å². The largest absolute Gasteiger partial charge is 0.372 e. The number of anilines is 2. The van der Waals surface area contributed by atoms with Crippen LogP contribution in [0.15, 0.2) is 30.7 Å². The quantitative estimate of drug-likeness (QED) is 0.757. The molecule has 6 heteroatoms. The topological polar surface area (TPSA) is 54.2 Å². The van der Waals surface area contributed by atoms with Crippen LogP contribution in [0.2, 0.25) is 0 Å². The Kier molecular flexibility index (Phi) is 3.56. The fourth-order valence-corrected chi connectivity index (χ4v) is 2.95. The fraction of sp³-hybridized carbons (Fsp3) is 0.286. The molecule has 0 fully saturated rings. The van der Waals surface area contributed by atoms with E-state index < -0.39 is 0 Å². The maximum atomic E-state index is 4.53. The molecule has 0 atom stereocenters. The molecule has 3 aromatic rings. The van der Waals surface area contributed by atoms with Gasteiger partial charge in [-0.05, 0) is 18.6 Å². The molecule has 0 saturated carbocycles. The van der Waals surface area contributed by atoms with Gasteiger partial charge in [-0.2, -0.15) is 0 Å². The van der Waals surface area contributed by atoms with Crippen LogP contribution in [0, 0.1) is 0 Å². The second-order valence-corrected chi connectivity index (χ2v) is 5.71. The number of imidazole rings is 1. The number of nitrogens with zero attached hydrogens (tertiary/aromatic N) is 3. The Labute approximate surface area is 121 Å². The zero-order valence-electron chi connectivity index (χ0n) is 11.6. The number of fused-ring (bicyclic) bond motifs is 1. The molecule has 0 aromatic carbocycles. The zero-order valence-corrected chi connectivity index (χ0v) is 12.4. The van der Waals surface area contributed by atoms with Crippen LogP contribution in [0.1, 0.15) is 16.7 Å². The molecule has 3 aromatic heterocycles. The SMILES string of the molecule is CCc1ccc(CNc2nc(NC)cn3ccnc23)s1. The van der Waals surface area contributed by atoms with Gasteiger partial charge in [-0.1, -0.05) is 6.92 Å².